The van der Waals surface area contributed by atoms with Crippen LogP contribution in [0.3, 0.4) is 0 Å². The second kappa shape index (κ2) is 16.1. The monoisotopic (exact) mass is 709 g/mol. The van der Waals surface area contributed by atoms with Gasteiger partial charge < -0.3 is 20.3 Å². The van der Waals surface area contributed by atoms with Gasteiger partial charge >= 0.3 is 12.3 Å². The van der Waals surface area contributed by atoms with Crippen molar-refractivity contribution in [1.82, 2.24) is 30.1 Å². The highest BCUT2D eigenvalue weighted by atomic mass is 35.5. The molecule has 3 amide bonds. The summed E-state index contributed by atoms with van der Waals surface area (Å²) in [6.45, 7) is 10.8. The number of pyridine rings is 1. The predicted octanol–water partition coefficient (Wildman–Crippen LogP) is 6.08. The van der Waals surface area contributed by atoms with E-state index in [1.54, 1.807) is 24.0 Å². The molecule has 2 aliphatic heterocycles. The van der Waals surface area contributed by atoms with Crippen molar-refractivity contribution in [1.29, 1.82) is 0 Å². The fraction of sp³-hybridized carbons (Fsp3) is 0.500. The van der Waals surface area contributed by atoms with E-state index in [1.807, 2.05) is 26.8 Å². The first-order valence-corrected chi connectivity index (χ1v) is 16.7. The van der Waals surface area contributed by atoms with Gasteiger partial charge in [0.05, 0.1) is 21.5 Å². The van der Waals surface area contributed by atoms with Gasteiger partial charge in [0, 0.05) is 43.0 Å². The Morgan fingerprint density at radius 1 is 1.02 bits per heavy atom. The van der Waals surface area contributed by atoms with Crippen molar-refractivity contribution in [2.75, 3.05) is 38.0 Å². The fourth-order valence-electron chi connectivity index (χ4n) is 4.92. The van der Waals surface area contributed by atoms with Crippen molar-refractivity contribution in [3.05, 3.63) is 68.6 Å². The SMILES string of the molecule is CC(NC(=O)c1cc(CCCN2CCN(C(=O)OC(C)(C)C)CC2)ncn1)C1=CCCC=C(C(=O)Nc2cc(C(F)(F)F)c(Cl)cn2)S1. The second-order valence-electron chi connectivity index (χ2n) is 12.4. The van der Waals surface area contributed by atoms with Crippen LogP contribution in [0.15, 0.2) is 46.6 Å². The number of amides is 3. The van der Waals surface area contributed by atoms with Crippen molar-refractivity contribution in [2.45, 2.75) is 71.2 Å². The number of hydrogen-bond acceptors (Lipinski definition) is 9. The van der Waals surface area contributed by atoms with Crippen LogP contribution in [-0.4, -0.2) is 87.0 Å². The van der Waals surface area contributed by atoms with Gasteiger partial charge in [-0.1, -0.05) is 35.5 Å². The number of carbonyl (C=O) groups is 3. The first-order valence-electron chi connectivity index (χ1n) is 15.5. The predicted molar refractivity (Wildman–Crippen MR) is 177 cm³/mol. The van der Waals surface area contributed by atoms with E-state index in [1.165, 1.54) is 6.33 Å². The van der Waals surface area contributed by atoms with Crippen LogP contribution in [0, 0.1) is 0 Å². The molecule has 4 heterocycles. The average Bonchev–Trinajstić information content (AvgIpc) is 3.28. The highest BCUT2D eigenvalue weighted by Gasteiger charge is 2.34. The first-order chi connectivity index (χ1) is 22.6. The van der Waals surface area contributed by atoms with Gasteiger partial charge in [0.1, 0.15) is 23.4 Å². The van der Waals surface area contributed by atoms with E-state index in [9.17, 15) is 27.6 Å². The van der Waals surface area contributed by atoms with Crippen molar-refractivity contribution in [3.8, 4) is 0 Å². The van der Waals surface area contributed by atoms with Gasteiger partial charge in [0.2, 0.25) is 0 Å². The van der Waals surface area contributed by atoms with Gasteiger partial charge in [-0.2, -0.15) is 13.2 Å². The lowest BCUT2D eigenvalue weighted by atomic mass is 10.2. The number of carbonyl (C=O) groups excluding carboxylic acids is 3. The molecule has 11 nitrogen and oxygen atoms in total. The molecule has 260 valence electrons. The zero-order valence-electron chi connectivity index (χ0n) is 27.2. The Hall–Kier alpha value is -3.69. The third-order valence-electron chi connectivity index (χ3n) is 7.36. The van der Waals surface area contributed by atoms with Crippen LogP contribution < -0.4 is 10.6 Å². The molecular weight excluding hydrogens is 671 g/mol. The van der Waals surface area contributed by atoms with E-state index in [0.717, 1.165) is 49.7 Å². The van der Waals surface area contributed by atoms with Crippen LogP contribution in [0.2, 0.25) is 5.02 Å². The largest absolute Gasteiger partial charge is 0.444 e. The summed E-state index contributed by atoms with van der Waals surface area (Å²) in [5.41, 5.74) is -0.694. The van der Waals surface area contributed by atoms with E-state index in [0.29, 0.717) is 43.3 Å². The number of aromatic nitrogens is 3. The maximum Gasteiger partial charge on any atom is 0.418 e. The maximum absolute atomic E-state index is 13.3. The van der Waals surface area contributed by atoms with Gasteiger partial charge in [-0.25, -0.2) is 19.7 Å². The molecule has 4 rings (SSSR count). The molecule has 0 aliphatic carbocycles. The molecule has 1 fully saturated rings. The van der Waals surface area contributed by atoms with E-state index >= 15 is 0 Å². The molecule has 1 unspecified atom stereocenters. The van der Waals surface area contributed by atoms with Crippen molar-refractivity contribution >= 4 is 47.1 Å². The molecule has 1 saturated heterocycles. The van der Waals surface area contributed by atoms with Gasteiger partial charge in [-0.15, -0.1) is 0 Å². The molecule has 0 spiro atoms. The summed E-state index contributed by atoms with van der Waals surface area (Å²) in [5, 5.41) is 4.76. The summed E-state index contributed by atoms with van der Waals surface area (Å²) >= 11 is 6.76. The topological polar surface area (TPSA) is 130 Å². The molecule has 0 radical (unpaired) electrons. The number of allylic oxidation sites excluding steroid dienone is 2. The third kappa shape index (κ3) is 10.9. The van der Waals surface area contributed by atoms with E-state index in [4.69, 9.17) is 16.3 Å². The number of halogens is 4. The summed E-state index contributed by atoms with van der Waals surface area (Å²) in [7, 11) is 0. The lowest BCUT2D eigenvalue weighted by molar-refractivity contribution is -0.137. The first kappa shape index (κ1) is 37.1. The molecule has 0 bridgehead atoms. The number of hydrogen-bond donors (Lipinski definition) is 2. The molecule has 1 atom stereocenters. The van der Waals surface area contributed by atoms with Crippen molar-refractivity contribution < 1.29 is 32.3 Å². The van der Waals surface area contributed by atoms with Crippen LogP contribution in [-0.2, 0) is 22.1 Å². The summed E-state index contributed by atoms with van der Waals surface area (Å²) in [4.78, 5) is 55.7. The lowest BCUT2D eigenvalue weighted by Gasteiger charge is -2.35. The van der Waals surface area contributed by atoms with Crippen LogP contribution in [0.4, 0.5) is 23.8 Å². The fourth-order valence-corrected chi connectivity index (χ4v) is 6.17. The normalized spacial score (nSPS) is 16.7. The average molecular weight is 710 g/mol. The molecule has 0 aromatic carbocycles. The summed E-state index contributed by atoms with van der Waals surface area (Å²) in [6, 6.07) is 1.86. The number of nitrogens with one attached hydrogen (secondary N) is 2. The molecule has 48 heavy (non-hydrogen) atoms. The Balaban J connectivity index is 1.26. The van der Waals surface area contributed by atoms with Gasteiger partial charge in [0.25, 0.3) is 11.8 Å². The maximum atomic E-state index is 13.3. The van der Waals surface area contributed by atoms with Crippen LogP contribution >= 0.6 is 23.4 Å². The number of aryl methyl sites for hydroxylation is 1. The molecule has 2 aromatic heterocycles. The number of rotatable bonds is 9. The molecule has 2 aromatic rings. The number of ether oxygens (including phenoxy) is 1. The molecular formula is C32H39ClF3N7O4S. The minimum absolute atomic E-state index is 0.208. The number of nitrogens with zero attached hydrogens (tertiary/aromatic N) is 5. The summed E-state index contributed by atoms with van der Waals surface area (Å²) < 4.78 is 45.2. The van der Waals surface area contributed by atoms with E-state index < -0.39 is 40.2 Å². The highest BCUT2D eigenvalue weighted by molar-refractivity contribution is 8.07. The van der Waals surface area contributed by atoms with Gasteiger partial charge in [-0.05, 0) is 72.1 Å². The van der Waals surface area contributed by atoms with Crippen molar-refractivity contribution in [3.63, 3.8) is 0 Å². The zero-order chi connectivity index (χ0) is 35.1. The standard InChI is InChI=1S/C32H39ClF3N7O4S/c1-20(25-9-5-6-10-26(48-25)29(45)41-27-17-22(32(34,35)36)23(33)18-37-27)40-28(44)24-16-21(38-19-39-24)8-7-11-42-12-14-43(15-13-42)30(46)47-31(2,3)4/h9-10,16-20H,5-8,11-15H2,1-4H3,(H,40,44)(H,37,41,45). The Kier molecular flexibility index (Phi) is 12.5. The number of thioether (sulfide) groups is 1. The highest BCUT2D eigenvalue weighted by Crippen LogP contribution is 2.36. The summed E-state index contributed by atoms with van der Waals surface area (Å²) in [5.74, 6) is -1.32. The molecule has 0 saturated carbocycles. The van der Waals surface area contributed by atoms with Gasteiger partial charge in [0.15, 0.2) is 0 Å². The second-order valence-corrected chi connectivity index (χ2v) is 13.9. The van der Waals surface area contributed by atoms with Crippen LogP contribution in [0.25, 0.3) is 0 Å². The Labute approximate surface area is 286 Å². The zero-order valence-corrected chi connectivity index (χ0v) is 28.8. The van der Waals surface area contributed by atoms with Crippen LogP contribution in [0.5, 0.6) is 0 Å². The molecule has 2 N–H and O–H groups in total. The minimum Gasteiger partial charge on any atom is -0.444 e. The lowest BCUT2D eigenvalue weighted by Crippen LogP contribution is -2.50. The quantitative estimate of drug-likeness (QED) is 0.318. The third-order valence-corrected chi connectivity index (χ3v) is 8.99. The Morgan fingerprint density at radius 2 is 1.73 bits per heavy atom. The van der Waals surface area contributed by atoms with E-state index in [2.05, 4.69) is 30.5 Å². The molecule has 16 heteroatoms. The van der Waals surface area contributed by atoms with Gasteiger partial charge in [-0.3, -0.25) is 14.5 Å². The Morgan fingerprint density at radius 3 is 2.42 bits per heavy atom. The van der Waals surface area contributed by atoms with Crippen molar-refractivity contribution in [2.24, 2.45) is 0 Å². The number of piperazine rings is 1. The summed E-state index contributed by atoms with van der Waals surface area (Å²) in [6.07, 6.45) is 3.38. The number of anilines is 1. The smallest absolute Gasteiger partial charge is 0.418 e. The minimum atomic E-state index is -4.70. The van der Waals surface area contributed by atoms with E-state index in [-0.39, 0.29) is 22.5 Å². The Bertz CT molecular complexity index is 1560. The molecule has 2 aliphatic rings. The number of alkyl halides is 3. The van der Waals surface area contributed by atoms with Crippen LogP contribution in [0.1, 0.15) is 68.7 Å².